The first kappa shape index (κ1) is 16.6. The van der Waals surface area contributed by atoms with Crippen molar-refractivity contribution in [3.63, 3.8) is 0 Å². The molecule has 2 aromatic carbocycles. The minimum atomic E-state index is -4.55. The van der Waals surface area contributed by atoms with Crippen LogP contribution >= 0.6 is 7.60 Å². The summed E-state index contributed by atoms with van der Waals surface area (Å²) in [5.41, 5.74) is 0.748. The second kappa shape index (κ2) is 6.71. The molecule has 1 atom stereocenters. The topological polar surface area (TPSA) is 99.8 Å². The summed E-state index contributed by atoms with van der Waals surface area (Å²) in [6, 6.07) is 17.0. The molecule has 0 saturated heterocycles. The van der Waals surface area contributed by atoms with E-state index in [1.54, 1.807) is 24.3 Å². The lowest BCUT2D eigenvalue weighted by molar-refractivity contribution is 0.347. The van der Waals surface area contributed by atoms with Crippen LogP contribution in [-0.2, 0) is 11.1 Å². The molecule has 0 fully saturated rings. The first-order valence-corrected chi connectivity index (χ1v) is 8.98. The van der Waals surface area contributed by atoms with E-state index < -0.39 is 19.0 Å². The Labute approximate surface area is 137 Å². The number of nitrogens with one attached hydrogen (secondary N) is 1. The van der Waals surface area contributed by atoms with Crippen LogP contribution in [0.3, 0.4) is 0 Å². The zero-order valence-electron chi connectivity index (χ0n) is 12.6. The highest BCUT2D eigenvalue weighted by atomic mass is 31.2. The third-order valence-electron chi connectivity index (χ3n) is 3.66. The van der Waals surface area contributed by atoms with Crippen molar-refractivity contribution in [3.8, 4) is 0 Å². The number of benzene rings is 2. The molecule has 0 bridgehead atoms. The van der Waals surface area contributed by atoms with Crippen LogP contribution in [0.4, 0.5) is 0 Å². The Balaban J connectivity index is 2.04. The van der Waals surface area contributed by atoms with Gasteiger partial charge in [-0.15, -0.1) is 0 Å². The van der Waals surface area contributed by atoms with Crippen molar-refractivity contribution < 1.29 is 18.8 Å². The SMILES string of the molecule is O=c1cc(C(NCc2ccccc2)P(=O)(O)O)c2ccccc2o1. The van der Waals surface area contributed by atoms with Gasteiger partial charge < -0.3 is 14.2 Å². The van der Waals surface area contributed by atoms with E-state index in [1.165, 1.54) is 0 Å². The molecule has 0 spiro atoms. The van der Waals surface area contributed by atoms with Gasteiger partial charge in [-0.3, -0.25) is 9.88 Å². The van der Waals surface area contributed by atoms with Crippen LogP contribution in [-0.4, -0.2) is 9.79 Å². The zero-order valence-corrected chi connectivity index (χ0v) is 13.5. The van der Waals surface area contributed by atoms with Crippen LogP contribution < -0.4 is 10.9 Å². The Bertz CT molecular complexity index is 948. The molecule has 0 aliphatic rings. The normalized spacial score (nSPS) is 13.1. The van der Waals surface area contributed by atoms with Gasteiger partial charge in [0, 0.05) is 18.0 Å². The maximum absolute atomic E-state index is 12.0. The number of hydrogen-bond donors (Lipinski definition) is 3. The van der Waals surface area contributed by atoms with Crippen LogP contribution in [0.25, 0.3) is 11.0 Å². The van der Waals surface area contributed by atoms with Crippen molar-refractivity contribution in [2.75, 3.05) is 0 Å². The minimum absolute atomic E-state index is 0.228. The van der Waals surface area contributed by atoms with Crippen molar-refractivity contribution in [2.45, 2.75) is 12.3 Å². The van der Waals surface area contributed by atoms with Gasteiger partial charge in [0.1, 0.15) is 11.4 Å². The Hall–Kier alpha value is -2.24. The molecule has 24 heavy (non-hydrogen) atoms. The molecular weight excluding hydrogens is 329 g/mol. The van der Waals surface area contributed by atoms with Crippen LogP contribution in [0, 0.1) is 0 Å². The second-order valence-corrected chi connectivity index (χ2v) is 7.07. The predicted octanol–water partition coefficient (Wildman–Crippen LogP) is 2.76. The summed E-state index contributed by atoms with van der Waals surface area (Å²) >= 11 is 0. The summed E-state index contributed by atoms with van der Waals surface area (Å²) in [6.07, 6.45) is 0. The van der Waals surface area contributed by atoms with Gasteiger partial charge in [-0.25, -0.2) is 4.79 Å². The molecule has 0 saturated carbocycles. The molecule has 1 heterocycles. The number of para-hydroxylation sites is 1. The smallest absolute Gasteiger partial charge is 0.346 e. The summed E-state index contributed by atoms with van der Waals surface area (Å²) in [4.78, 5) is 31.3. The lowest BCUT2D eigenvalue weighted by Crippen LogP contribution is -2.22. The highest BCUT2D eigenvalue weighted by molar-refractivity contribution is 7.52. The van der Waals surface area contributed by atoms with E-state index >= 15 is 0 Å². The highest BCUT2D eigenvalue weighted by Crippen LogP contribution is 2.51. The molecule has 0 aliphatic carbocycles. The van der Waals surface area contributed by atoms with Gasteiger partial charge in [0.15, 0.2) is 0 Å². The Kier molecular flexibility index (Phi) is 4.64. The second-order valence-electron chi connectivity index (χ2n) is 5.38. The molecule has 124 valence electrons. The van der Waals surface area contributed by atoms with Crippen molar-refractivity contribution in [3.05, 3.63) is 82.2 Å². The molecular formula is C17H16NO5P. The van der Waals surface area contributed by atoms with Gasteiger partial charge in [0.2, 0.25) is 0 Å². The van der Waals surface area contributed by atoms with Gasteiger partial charge in [-0.1, -0.05) is 48.5 Å². The predicted molar refractivity (Wildman–Crippen MR) is 90.6 cm³/mol. The fraction of sp³-hybridized carbons (Fsp3) is 0.118. The van der Waals surface area contributed by atoms with Gasteiger partial charge in [-0.05, 0) is 17.2 Å². The maximum Gasteiger partial charge on any atom is 0.346 e. The van der Waals surface area contributed by atoms with Crippen molar-refractivity contribution >= 4 is 18.6 Å². The van der Waals surface area contributed by atoms with Crippen LogP contribution in [0.2, 0.25) is 0 Å². The summed E-state index contributed by atoms with van der Waals surface area (Å²) in [5, 5.41) is 3.36. The summed E-state index contributed by atoms with van der Waals surface area (Å²) < 4.78 is 17.1. The van der Waals surface area contributed by atoms with Crippen LogP contribution in [0.1, 0.15) is 16.9 Å². The van der Waals surface area contributed by atoms with Crippen molar-refractivity contribution in [2.24, 2.45) is 0 Å². The maximum atomic E-state index is 12.0. The quantitative estimate of drug-likeness (QED) is 0.486. The Morgan fingerprint density at radius 1 is 1.04 bits per heavy atom. The number of rotatable bonds is 5. The van der Waals surface area contributed by atoms with E-state index in [9.17, 15) is 19.1 Å². The lowest BCUT2D eigenvalue weighted by atomic mass is 10.1. The van der Waals surface area contributed by atoms with Crippen LogP contribution in [0.5, 0.6) is 0 Å². The highest BCUT2D eigenvalue weighted by Gasteiger charge is 2.32. The molecule has 3 N–H and O–H groups in total. The van der Waals surface area contributed by atoms with Crippen LogP contribution in [0.15, 0.2) is 69.9 Å². The third-order valence-corrected chi connectivity index (χ3v) is 4.79. The van der Waals surface area contributed by atoms with E-state index in [1.807, 2.05) is 30.3 Å². The van der Waals surface area contributed by atoms with Crippen molar-refractivity contribution in [1.29, 1.82) is 0 Å². The molecule has 0 radical (unpaired) electrons. The molecule has 3 aromatic rings. The summed E-state index contributed by atoms with van der Waals surface area (Å²) in [7, 11) is -4.55. The fourth-order valence-electron chi connectivity index (χ4n) is 2.58. The Morgan fingerprint density at radius 3 is 2.42 bits per heavy atom. The standard InChI is InChI=1S/C17H16NO5P/c19-16-10-14(13-8-4-5-9-15(13)23-16)17(24(20,21)22)18-11-12-6-2-1-3-7-12/h1-10,17-18H,11H2,(H2,20,21,22). The number of fused-ring (bicyclic) bond motifs is 1. The number of hydrogen-bond acceptors (Lipinski definition) is 4. The van der Waals surface area contributed by atoms with Gasteiger partial charge in [0.25, 0.3) is 0 Å². The van der Waals surface area contributed by atoms with E-state index in [0.717, 1.165) is 11.6 Å². The van der Waals surface area contributed by atoms with Gasteiger partial charge >= 0.3 is 13.2 Å². The average molecular weight is 345 g/mol. The largest absolute Gasteiger partial charge is 0.423 e. The molecule has 7 heteroatoms. The minimum Gasteiger partial charge on any atom is -0.423 e. The molecule has 6 nitrogen and oxygen atoms in total. The third kappa shape index (κ3) is 3.63. The Morgan fingerprint density at radius 2 is 1.71 bits per heavy atom. The summed E-state index contributed by atoms with van der Waals surface area (Å²) in [5.74, 6) is -1.30. The van der Waals surface area contributed by atoms with Gasteiger partial charge in [0.05, 0.1) is 0 Å². The molecule has 1 aromatic heterocycles. The molecule has 0 amide bonds. The van der Waals surface area contributed by atoms with Gasteiger partial charge in [-0.2, -0.15) is 0 Å². The lowest BCUT2D eigenvalue weighted by Gasteiger charge is -2.21. The fourth-order valence-corrected chi connectivity index (χ4v) is 3.49. The molecule has 0 aliphatic heterocycles. The van der Waals surface area contributed by atoms with Crippen molar-refractivity contribution in [1.82, 2.24) is 5.32 Å². The van der Waals surface area contributed by atoms with E-state index in [2.05, 4.69) is 5.32 Å². The summed E-state index contributed by atoms with van der Waals surface area (Å²) in [6.45, 7) is 0.255. The average Bonchev–Trinajstić information content (AvgIpc) is 2.54. The molecule has 1 unspecified atom stereocenters. The van der Waals surface area contributed by atoms with E-state index in [0.29, 0.717) is 11.0 Å². The van der Waals surface area contributed by atoms with E-state index in [-0.39, 0.29) is 12.1 Å². The first-order chi connectivity index (χ1) is 11.4. The zero-order chi connectivity index (χ0) is 17.2. The van der Waals surface area contributed by atoms with E-state index in [4.69, 9.17) is 4.42 Å². The monoisotopic (exact) mass is 345 g/mol. The first-order valence-electron chi connectivity index (χ1n) is 7.30. The molecule has 3 rings (SSSR count).